The first kappa shape index (κ1) is 10.3. The molecule has 0 heterocycles. The molecule has 2 aromatic carbocycles. The van der Waals surface area contributed by atoms with Gasteiger partial charge in [-0.1, -0.05) is 29.7 Å². The van der Waals surface area contributed by atoms with Crippen LogP contribution >= 0.6 is 15.9 Å². The van der Waals surface area contributed by atoms with Crippen molar-refractivity contribution in [1.82, 2.24) is 0 Å². The van der Waals surface area contributed by atoms with Gasteiger partial charge in [-0.2, -0.15) is 0 Å². The summed E-state index contributed by atoms with van der Waals surface area (Å²) in [7, 11) is 5.59. The van der Waals surface area contributed by atoms with Crippen LogP contribution in [0.15, 0.2) is 53.0 Å². The Morgan fingerprint density at radius 3 is 2.27 bits per heavy atom. The molecule has 0 spiro atoms. The summed E-state index contributed by atoms with van der Waals surface area (Å²) < 4.78 is 6.59. The van der Waals surface area contributed by atoms with Gasteiger partial charge in [0.05, 0.1) is 4.47 Å². The molecule has 0 unspecified atom stereocenters. The summed E-state index contributed by atoms with van der Waals surface area (Å²) in [5.41, 5.74) is 0.731. The minimum Gasteiger partial charge on any atom is -0.456 e. The fourth-order valence-electron chi connectivity index (χ4n) is 1.19. The Hall–Kier alpha value is -1.22. The monoisotopic (exact) mass is 258 g/mol. The molecule has 0 bridgehead atoms. The Morgan fingerprint density at radius 1 is 0.933 bits per heavy atom. The van der Waals surface area contributed by atoms with Crippen molar-refractivity contribution in [2.24, 2.45) is 0 Å². The first-order chi connectivity index (χ1) is 7.25. The van der Waals surface area contributed by atoms with Crippen molar-refractivity contribution < 1.29 is 4.74 Å². The molecule has 2 aromatic rings. The van der Waals surface area contributed by atoms with E-state index in [-0.39, 0.29) is 0 Å². The van der Waals surface area contributed by atoms with Crippen LogP contribution in [0.5, 0.6) is 11.5 Å². The lowest BCUT2D eigenvalue weighted by Gasteiger charge is -2.07. The molecule has 0 aliphatic heterocycles. The van der Waals surface area contributed by atoms with Crippen molar-refractivity contribution >= 4 is 29.2 Å². The van der Waals surface area contributed by atoms with Crippen molar-refractivity contribution in [3.8, 4) is 11.5 Å². The highest BCUT2D eigenvalue weighted by Crippen LogP contribution is 2.28. The van der Waals surface area contributed by atoms with E-state index in [9.17, 15) is 0 Å². The van der Waals surface area contributed by atoms with Crippen molar-refractivity contribution in [3.05, 3.63) is 53.0 Å². The zero-order valence-corrected chi connectivity index (χ0v) is 9.57. The highest BCUT2D eigenvalue weighted by atomic mass is 79.9. The average Bonchev–Trinajstić information content (AvgIpc) is 2.25. The van der Waals surface area contributed by atoms with E-state index in [2.05, 4.69) is 15.9 Å². The number of hydrogen-bond donors (Lipinski definition) is 0. The summed E-state index contributed by atoms with van der Waals surface area (Å²) in [6.45, 7) is 0. The lowest BCUT2D eigenvalue weighted by Crippen LogP contribution is -1.99. The predicted octanol–water partition coefficient (Wildman–Crippen LogP) is 3.04. The zero-order valence-electron chi connectivity index (χ0n) is 7.98. The second-order valence-corrected chi connectivity index (χ2v) is 3.96. The second kappa shape index (κ2) is 4.54. The van der Waals surface area contributed by atoms with Crippen LogP contribution in [0.3, 0.4) is 0 Å². The molecule has 0 N–H and O–H groups in total. The molecule has 15 heavy (non-hydrogen) atoms. The van der Waals surface area contributed by atoms with Crippen molar-refractivity contribution in [2.45, 2.75) is 0 Å². The molecular weight excluding hydrogens is 251 g/mol. The maximum Gasteiger partial charge on any atom is 0.141 e. The van der Waals surface area contributed by atoms with E-state index in [4.69, 9.17) is 12.6 Å². The summed E-state index contributed by atoms with van der Waals surface area (Å²) in [6, 6.07) is 15.0. The lowest BCUT2D eigenvalue weighted by atomic mass is 9.97. The van der Waals surface area contributed by atoms with E-state index >= 15 is 0 Å². The van der Waals surface area contributed by atoms with Crippen LogP contribution in [0.25, 0.3) is 0 Å². The van der Waals surface area contributed by atoms with Gasteiger partial charge in [-0.05, 0) is 40.2 Å². The Bertz CT molecular complexity index is 453. The third kappa shape index (κ3) is 2.63. The van der Waals surface area contributed by atoms with Crippen LogP contribution in [-0.2, 0) is 0 Å². The molecule has 0 saturated heterocycles. The highest BCUT2D eigenvalue weighted by molar-refractivity contribution is 9.10. The Balaban J connectivity index is 2.22. The minimum absolute atomic E-state index is 0.731. The van der Waals surface area contributed by atoms with Gasteiger partial charge in [0.2, 0.25) is 0 Å². The largest absolute Gasteiger partial charge is 0.456 e. The molecule has 0 atom stereocenters. The zero-order chi connectivity index (χ0) is 10.7. The predicted molar refractivity (Wildman–Crippen MR) is 66.0 cm³/mol. The molecular formula is C12H8BBrO. The molecule has 0 aromatic heterocycles. The summed E-state index contributed by atoms with van der Waals surface area (Å²) in [4.78, 5) is 0. The van der Waals surface area contributed by atoms with E-state index in [1.165, 1.54) is 0 Å². The molecule has 2 radical (unpaired) electrons. The third-order valence-corrected chi connectivity index (χ3v) is 2.60. The number of halogens is 1. The summed E-state index contributed by atoms with van der Waals surface area (Å²) >= 11 is 3.42. The highest BCUT2D eigenvalue weighted by Gasteiger charge is 2.00. The van der Waals surface area contributed by atoms with Crippen molar-refractivity contribution in [1.29, 1.82) is 0 Å². The number of ether oxygens (including phenoxy) is 1. The lowest BCUT2D eigenvalue weighted by molar-refractivity contribution is 0.480. The molecule has 0 aliphatic carbocycles. The first-order valence-corrected chi connectivity index (χ1v) is 5.33. The second-order valence-electron chi connectivity index (χ2n) is 3.10. The van der Waals surface area contributed by atoms with Crippen LogP contribution in [0.2, 0.25) is 0 Å². The van der Waals surface area contributed by atoms with Crippen LogP contribution in [-0.4, -0.2) is 7.85 Å². The van der Waals surface area contributed by atoms with Gasteiger partial charge in [0.25, 0.3) is 0 Å². The van der Waals surface area contributed by atoms with Gasteiger partial charge in [0, 0.05) is 0 Å². The SMILES string of the molecule is [B]c1ccc(Oc2ccccc2Br)cc1. The number of para-hydroxylation sites is 1. The van der Waals surface area contributed by atoms with Crippen LogP contribution in [0, 0.1) is 0 Å². The maximum atomic E-state index is 5.66. The normalized spacial score (nSPS) is 9.93. The van der Waals surface area contributed by atoms with Gasteiger partial charge in [0.15, 0.2) is 0 Å². The Kier molecular flexibility index (Phi) is 3.12. The van der Waals surface area contributed by atoms with Gasteiger partial charge in [-0.25, -0.2) is 0 Å². The molecule has 2 rings (SSSR count). The van der Waals surface area contributed by atoms with E-state index in [0.717, 1.165) is 21.4 Å². The van der Waals surface area contributed by atoms with Crippen molar-refractivity contribution in [3.63, 3.8) is 0 Å². The van der Waals surface area contributed by atoms with E-state index in [1.54, 1.807) is 0 Å². The third-order valence-electron chi connectivity index (χ3n) is 1.94. The van der Waals surface area contributed by atoms with Crippen LogP contribution in [0.4, 0.5) is 0 Å². The molecule has 72 valence electrons. The smallest absolute Gasteiger partial charge is 0.141 e. The van der Waals surface area contributed by atoms with Gasteiger partial charge in [-0.3, -0.25) is 0 Å². The van der Waals surface area contributed by atoms with E-state index in [0.29, 0.717) is 0 Å². The topological polar surface area (TPSA) is 9.23 Å². The van der Waals surface area contributed by atoms with Crippen LogP contribution in [0.1, 0.15) is 0 Å². The Morgan fingerprint density at radius 2 is 1.60 bits per heavy atom. The quantitative estimate of drug-likeness (QED) is 0.753. The maximum absolute atomic E-state index is 5.66. The van der Waals surface area contributed by atoms with E-state index in [1.807, 2.05) is 48.5 Å². The molecule has 0 amide bonds. The molecule has 0 aliphatic rings. The fourth-order valence-corrected chi connectivity index (χ4v) is 1.56. The standard InChI is InChI=1S/C12H8BBrO/c13-9-5-7-10(8-6-9)15-12-4-2-1-3-11(12)14/h1-8H. The van der Waals surface area contributed by atoms with Gasteiger partial charge < -0.3 is 4.74 Å². The Labute approximate surface area is 98.6 Å². The molecule has 1 nitrogen and oxygen atoms in total. The number of rotatable bonds is 2. The molecule has 0 fully saturated rings. The van der Waals surface area contributed by atoms with Crippen molar-refractivity contribution in [2.75, 3.05) is 0 Å². The van der Waals surface area contributed by atoms with Gasteiger partial charge in [-0.15, -0.1) is 0 Å². The fraction of sp³-hybridized carbons (Fsp3) is 0. The van der Waals surface area contributed by atoms with Crippen LogP contribution < -0.4 is 10.2 Å². The van der Waals surface area contributed by atoms with Gasteiger partial charge >= 0.3 is 0 Å². The van der Waals surface area contributed by atoms with E-state index < -0.39 is 0 Å². The first-order valence-electron chi connectivity index (χ1n) is 4.53. The minimum atomic E-state index is 0.731. The number of hydrogen-bond acceptors (Lipinski definition) is 1. The van der Waals surface area contributed by atoms with Gasteiger partial charge in [0.1, 0.15) is 19.3 Å². The molecule has 3 heteroatoms. The summed E-state index contributed by atoms with van der Waals surface area (Å²) in [6.07, 6.45) is 0. The summed E-state index contributed by atoms with van der Waals surface area (Å²) in [5, 5.41) is 0. The summed E-state index contributed by atoms with van der Waals surface area (Å²) in [5.74, 6) is 1.57. The average molecular weight is 259 g/mol. The number of benzene rings is 2. The molecule has 0 saturated carbocycles.